The van der Waals surface area contributed by atoms with Crippen LogP contribution in [-0.2, 0) is 0 Å². The van der Waals surface area contributed by atoms with Crippen molar-refractivity contribution in [1.82, 2.24) is 4.57 Å². The lowest BCUT2D eigenvalue weighted by atomic mass is 10.0. The van der Waals surface area contributed by atoms with Gasteiger partial charge in [-0.25, -0.2) is 0 Å². The van der Waals surface area contributed by atoms with E-state index in [2.05, 4.69) is 205 Å². The summed E-state index contributed by atoms with van der Waals surface area (Å²) in [6.45, 7) is 7.20. The van der Waals surface area contributed by atoms with E-state index < -0.39 is 8.07 Å². The van der Waals surface area contributed by atoms with E-state index >= 15 is 0 Å². The van der Waals surface area contributed by atoms with Gasteiger partial charge in [-0.1, -0.05) is 146 Å². The van der Waals surface area contributed by atoms with Crippen LogP contribution in [0.5, 0.6) is 0 Å². The second-order valence-corrected chi connectivity index (χ2v) is 18.6. The molecular formula is C45H38N2Si. The van der Waals surface area contributed by atoms with Crippen LogP contribution in [0.2, 0.25) is 19.6 Å². The lowest BCUT2D eigenvalue weighted by molar-refractivity contribution is 1.18. The number of rotatable bonds is 7. The molecule has 0 amide bonds. The molecule has 0 unspecified atom stereocenters. The van der Waals surface area contributed by atoms with Gasteiger partial charge >= 0.3 is 0 Å². The number of nitrogens with zero attached hydrogens (tertiary/aromatic N) is 2. The number of hydrogen-bond acceptors (Lipinski definition) is 1. The Labute approximate surface area is 284 Å². The summed E-state index contributed by atoms with van der Waals surface area (Å²) in [4.78, 5) is 2.37. The van der Waals surface area contributed by atoms with Gasteiger partial charge in [-0.05, 0) is 71.3 Å². The van der Waals surface area contributed by atoms with Gasteiger partial charge in [0.25, 0.3) is 0 Å². The van der Waals surface area contributed by atoms with Crippen LogP contribution in [0.4, 0.5) is 17.1 Å². The van der Waals surface area contributed by atoms with Crippen molar-refractivity contribution >= 4 is 52.1 Å². The minimum absolute atomic E-state index is 1.13. The molecule has 8 aromatic rings. The molecule has 0 fully saturated rings. The Balaban J connectivity index is 1.22. The van der Waals surface area contributed by atoms with Crippen LogP contribution in [-0.4, -0.2) is 12.6 Å². The van der Waals surface area contributed by atoms with Crippen LogP contribution in [0.1, 0.15) is 0 Å². The van der Waals surface area contributed by atoms with E-state index in [1.54, 1.807) is 0 Å². The van der Waals surface area contributed by atoms with Gasteiger partial charge < -0.3 is 9.47 Å². The molecule has 0 saturated carbocycles. The Morgan fingerprint density at radius 1 is 0.396 bits per heavy atom. The van der Waals surface area contributed by atoms with Crippen LogP contribution in [0, 0.1) is 0 Å². The van der Waals surface area contributed by atoms with Crippen LogP contribution in [0.15, 0.2) is 176 Å². The quantitative estimate of drug-likeness (QED) is 0.158. The van der Waals surface area contributed by atoms with E-state index in [-0.39, 0.29) is 0 Å². The van der Waals surface area contributed by atoms with Crippen molar-refractivity contribution in [3.8, 4) is 27.9 Å². The minimum Gasteiger partial charge on any atom is -0.311 e. The molecule has 1 aromatic heterocycles. The molecule has 48 heavy (non-hydrogen) atoms. The van der Waals surface area contributed by atoms with E-state index in [1.807, 2.05) is 0 Å². The number of fused-ring (bicyclic) bond motifs is 3. The summed E-state index contributed by atoms with van der Waals surface area (Å²) in [6.07, 6.45) is 0. The first-order valence-corrected chi connectivity index (χ1v) is 20.2. The molecule has 0 N–H and O–H groups in total. The third-order valence-electron chi connectivity index (χ3n) is 9.39. The summed E-state index contributed by atoms with van der Waals surface area (Å²) in [5.74, 6) is 0. The third kappa shape index (κ3) is 5.42. The number of aromatic nitrogens is 1. The molecule has 0 bridgehead atoms. The van der Waals surface area contributed by atoms with E-state index in [9.17, 15) is 0 Å². The van der Waals surface area contributed by atoms with Gasteiger partial charge in [0, 0.05) is 33.4 Å². The highest BCUT2D eigenvalue weighted by atomic mass is 28.3. The molecule has 0 aliphatic rings. The van der Waals surface area contributed by atoms with Gasteiger partial charge in [0.2, 0.25) is 0 Å². The normalized spacial score (nSPS) is 11.6. The monoisotopic (exact) mass is 634 g/mol. The summed E-state index contributed by atoms with van der Waals surface area (Å²) in [7, 11) is -1.42. The molecule has 2 nitrogen and oxygen atoms in total. The standard InChI is InChI=1S/C45H38N2Si/c1-48(2,3)39-31-29-38(30-32-39)46(36-25-21-34(22-26-36)33-13-5-4-6-14-33)37-27-23-35(24-28-37)40-15-7-10-18-43(40)47-44-19-11-8-16-41(44)42-17-9-12-20-45(42)47/h4-32H,1-3H3. The molecule has 0 radical (unpaired) electrons. The Morgan fingerprint density at radius 3 is 1.40 bits per heavy atom. The highest BCUT2D eigenvalue weighted by molar-refractivity contribution is 6.88. The largest absolute Gasteiger partial charge is 0.311 e. The van der Waals surface area contributed by atoms with Crippen molar-refractivity contribution in [2.24, 2.45) is 0 Å². The summed E-state index contributed by atoms with van der Waals surface area (Å²) in [6, 6.07) is 63.9. The highest BCUT2D eigenvalue weighted by Gasteiger charge is 2.19. The summed E-state index contributed by atoms with van der Waals surface area (Å²) in [5, 5.41) is 4.00. The van der Waals surface area contributed by atoms with E-state index in [1.165, 1.54) is 54.9 Å². The highest BCUT2D eigenvalue weighted by Crippen LogP contribution is 2.39. The zero-order chi connectivity index (χ0) is 32.7. The second-order valence-electron chi connectivity index (χ2n) is 13.5. The first-order valence-electron chi connectivity index (χ1n) is 16.7. The number of para-hydroxylation sites is 3. The molecule has 0 aliphatic heterocycles. The molecule has 3 heteroatoms. The van der Waals surface area contributed by atoms with Gasteiger partial charge in [-0.15, -0.1) is 0 Å². The maximum atomic E-state index is 2.41. The van der Waals surface area contributed by atoms with Crippen LogP contribution < -0.4 is 10.1 Å². The SMILES string of the molecule is C[Si](C)(C)c1ccc(N(c2ccc(-c3ccccc3)cc2)c2ccc(-c3ccccc3-n3c4ccccc4c4ccccc43)cc2)cc1. The maximum Gasteiger partial charge on any atom is 0.0775 e. The van der Waals surface area contributed by atoms with E-state index in [4.69, 9.17) is 0 Å². The zero-order valence-corrected chi connectivity index (χ0v) is 28.6. The molecular weight excluding hydrogens is 597 g/mol. The number of hydrogen-bond donors (Lipinski definition) is 0. The van der Waals surface area contributed by atoms with Crippen molar-refractivity contribution in [2.45, 2.75) is 19.6 Å². The first-order chi connectivity index (χ1) is 23.5. The molecule has 0 atom stereocenters. The first kappa shape index (κ1) is 29.7. The topological polar surface area (TPSA) is 8.17 Å². The molecule has 7 aromatic carbocycles. The Morgan fingerprint density at radius 2 is 0.833 bits per heavy atom. The lowest BCUT2D eigenvalue weighted by Gasteiger charge is -2.27. The van der Waals surface area contributed by atoms with Crippen LogP contribution in [0.25, 0.3) is 49.7 Å². The number of benzene rings is 7. The second kappa shape index (κ2) is 12.2. The fourth-order valence-electron chi connectivity index (χ4n) is 6.88. The van der Waals surface area contributed by atoms with Gasteiger partial charge in [0.05, 0.1) is 24.8 Å². The molecule has 232 valence electrons. The number of anilines is 3. The fourth-order valence-corrected chi connectivity index (χ4v) is 8.04. The zero-order valence-electron chi connectivity index (χ0n) is 27.6. The molecule has 0 saturated heterocycles. The van der Waals surface area contributed by atoms with Crippen LogP contribution in [0.3, 0.4) is 0 Å². The molecule has 8 rings (SSSR count). The van der Waals surface area contributed by atoms with Crippen molar-refractivity contribution in [3.05, 3.63) is 176 Å². The summed E-state index contributed by atoms with van der Waals surface area (Å²) in [5.41, 5.74) is 11.9. The van der Waals surface area contributed by atoms with Gasteiger partial charge in [-0.3, -0.25) is 0 Å². The Bertz CT molecular complexity index is 2290. The molecule has 0 spiro atoms. The Hall–Kier alpha value is -5.64. The van der Waals surface area contributed by atoms with Gasteiger partial charge in [0.15, 0.2) is 0 Å². The smallest absolute Gasteiger partial charge is 0.0775 e. The van der Waals surface area contributed by atoms with E-state index in [0.29, 0.717) is 0 Å². The average molecular weight is 635 g/mol. The van der Waals surface area contributed by atoms with Crippen molar-refractivity contribution in [3.63, 3.8) is 0 Å². The van der Waals surface area contributed by atoms with Gasteiger partial charge in [0.1, 0.15) is 0 Å². The minimum atomic E-state index is -1.42. The molecule has 0 aliphatic carbocycles. The van der Waals surface area contributed by atoms with Crippen molar-refractivity contribution in [2.75, 3.05) is 4.90 Å². The van der Waals surface area contributed by atoms with Gasteiger partial charge in [-0.2, -0.15) is 0 Å². The van der Waals surface area contributed by atoms with E-state index in [0.717, 1.165) is 17.1 Å². The average Bonchev–Trinajstić information content (AvgIpc) is 3.47. The lowest BCUT2D eigenvalue weighted by Crippen LogP contribution is -2.37. The maximum absolute atomic E-state index is 2.41. The fraction of sp³-hybridized carbons (Fsp3) is 0.0667. The summed E-state index contributed by atoms with van der Waals surface area (Å²) < 4.78 is 2.41. The van der Waals surface area contributed by atoms with Crippen molar-refractivity contribution < 1.29 is 0 Å². The summed E-state index contributed by atoms with van der Waals surface area (Å²) >= 11 is 0. The van der Waals surface area contributed by atoms with Crippen molar-refractivity contribution in [1.29, 1.82) is 0 Å². The predicted octanol–water partition coefficient (Wildman–Crippen LogP) is 12.1. The molecule has 1 heterocycles. The third-order valence-corrected chi connectivity index (χ3v) is 11.5. The van der Waals surface area contributed by atoms with Crippen LogP contribution >= 0.6 is 0 Å². The Kier molecular flexibility index (Phi) is 7.55. The predicted molar refractivity (Wildman–Crippen MR) is 209 cm³/mol.